The first kappa shape index (κ1) is 16.0. The Morgan fingerprint density at radius 1 is 1.10 bits per heavy atom. The van der Waals surface area contributed by atoms with Crippen LogP contribution in [0.1, 0.15) is 26.6 Å². The van der Waals surface area contributed by atoms with E-state index in [2.05, 4.69) is 57.3 Å². The molecule has 0 unspecified atom stereocenters. The Morgan fingerprint density at radius 3 is 2.38 bits per heavy atom. The molecule has 2 N–H and O–H groups in total. The first-order valence-electron chi connectivity index (χ1n) is 6.59. The van der Waals surface area contributed by atoms with E-state index < -0.39 is 0 Å². The normalized spacial score (nSPS) is 11.3. The molecular formula is C15H18BrClN4. The van der Waals surface area contributed by atoms with Crippen molar-refractivity contribution < 1.29 is 0 Å². The highest BCUT2D eigenvalue weighted by molar-refractivity contribution is 9.10. The Kier molecular flexibility index (Phi) is 4.74. The summed E-state index contributed by atoms with van der Waals surface area (Å²) in [5, 5.41) is 6.94. The largest absolute Gasteiger partial charge is 0.373 e. The summed E-state index contributed by atoms with van der Waals surface area (Å²) >= 11 is 9.65. The van der Waals surface area contributed by atoms with Gasteiger partial charge in [-0.3, -0.25) is 0 Å². The Bertz CT molecular complexity index is 653. The van der Waals surface area contributed by atoms with Crippen LogP contribution in [0.5, 0.6) is 0 Å². The van der Waals surface area contributed by atoms with Gasteiger partial charge in [0.2, 0.25) is 0 Å². The number of nitrogens with zero attached hydrogens (tertiary/aromatic N) is 2. The number of halogens is 2. The van der Waals surface area contributed by atoms with Crippen molar-refractivity contribution in [2.24, 2.45) is 0 Å². The molecule has 0 bridgehead atoms. The van der Waals surface area contributed by atoms with E-state index in [4.69, 9.17) is 11.6 Å². The zero-order valence-electron chi connectivity index (χ0n) is 12.5. The number of benzene rings is 1. The maximum absolute atomic E-state index is 6.21. The second kappa shape index (κ2) is 6.20. The van der Waals surface area contributed by atoms with Crippen LogP contribution in [0.15, 0.2) is 28.7 Å². The van der Waals surface area contributed by atoms with E-state index in [1.54, 1.807) is 0 Å². The van der Waals surface area contributed by atoms with Gasteiger partial charge in [0.25, 0.3) is 0 Å². The number of rotatable bonds is 3. The van der Waals surface area contributed by atoms with Gasteiger partial charge in [-0.15, -0.1) is 0 Å². The van der Waals surface area contributed by atoms with Crippen molar-refractivity contribution in [3.05, 3.63) is 39.6 Å². The predicted octanol–water partition coefficient (Wildman–Crippen LogP) is 4.98. The molecule has 0 atom stereocenters. The van der Waals surface area contributed by atoms with Gasteiger partial charge in [-0.05, 0) is 18.2 Å². The number of hydrogen-bond donors (Lipinski definition) is 2. The van der Waals surface area contributed by atoms with E-state index >= 15 is 0 Å². The third-order valence-corrected chi connectivity index (χ3v) is 3.67. The van der Waals surface area contributed by atoms with Gasteiger partial charge >= 0.3 is 0 Å². The third-order valence-electron chi connectivity index (χ3n) is 2.84. The summed E-state index contributed by atoms with van der Waals surface area (Å²) in [6, 6.07) is 7.50. The Labute approximate surface area is 138 Å². The summed E-state index contributed by atoms with van der Waals surface area (Å²) < 4.78 is 0.952. The van der Waals surface area contributed by atoms with Crippen molar-refractivity contribution in [2.75, 3.05) is 17.7 Å². The number of hydrogen-bond acceptors (Lipinski definition) is 4. The van der Waals surface area contributed by atoms with E-state index in [0.717, 1.165) is 21.8 Å². The van der Waals surface area contributed by atoms with Crippen LogP contribution in [0.25, 0.3) is 0 Å². The van der Waals surface area contributed by atoms with Crippen LogP contribution in [0.3, 0.4) is 0 Å². The molecule has 0 radical (unpaired) electrons. The lowest BCUT2D eigenvalue weighted by molar-refractivity contribution is 0.547. The van der Waals surface area contributed by atoms with Gasteiger partial charge in [-0.1, -0.05) is 48.3 Å². The van der Waals surface area contributed by atoms with E-state index in [0.29, 0.717) is 10.8 Å². The van der Waals surface area contributed by atoms with Gasteiger partial charge in [-0.25, -0.2) is 9.97 Å². The minimum Gasteiger partial charge on any atom is -0.373 e. The van der Waals surface area contributed by atoms with E-state index in [-0.39, 0.29) is 5.41 Å². The molecule has 0 saturated heterocycles. The van der Waals surface area contributed by atoms with Crippen LogP contribution in [-0.4, -0.2) is 17.0 Å². The molecule has 2 aromatic rings. The first-order chi connectivity index (χ1) is 9.79. The molecule has 0 spiro atoms. The van der Waals surface area contributed by atoms with Crippen LogP contribution in [0.4, 0.5) is 17.3 Å². The van der Waals surface area contributed by atoms with Crippen LogP contribution in [0.2, 0.25) is 5.02 Å². The lowest BCUT2D eigenvalue weighted by Gasteiger charge is -2.19. The topological polar surface area (TPSA) is 49.8 Å². The monoisotopic (exact) mass is 368 g/mol. The number of anilines is 3. The third kappa shape index (κ3) is 4.08. The molecule has 0 amide bonds. The SMILES string of the molecule is CNc1cc(Nc2cc(Br)ccc2Cl)nc(C(C)(C)C)n1. The zero-order chi connectivity index (χ0) is 15.6. The number of nitrogens with one attached hydrogen (secondary N) is 2. The molecule has 0 saturated carbocycles. The highest BCUT2D eigenvalue weighted by atomic mass is 79.9. The van der Waals surface area contributed by atoms with Gasteiger partial charge in [0.05, 0.1) is 10.7 Å². The fraction of sp³-hybridized carbons (Fsp3) is 0.333. The smallest absolute Gasteiger partial charge is 0.138 e. The highest BCUT2D eigenvalue weighted by Gasteiger charge is 2.19. The molecule has 1 aromatic carbocycles. The lowest BCUT2D eigenvalue weighted by Crippen LogP contribution is -2.17. The minimum absolute atomic E-state index is 0.135. The van der Waals surface area contributed by atoms with Crippen LogP contribution in [-0.2, 0) is 5.41 Å². The molecule has 0 aliphatic heterocycles. The zero-order valence-corrected chi connectivity index (χ0v) is 14.8. The van der Waals surface area contributed by atoms with E-state index in [1.807, 2.05) is 31.3 Å². The average molecular weight is 370 g/mol. The van der Waals surface area contributed by atoms with Gasteiger partial charge in [-0.2, -0.15) is 0 Å². The molecule has 0 aliphatic carbocycles. The van der Waals surface area contributed by atoms with Crippen LogP contribution < -0.4 is 10.6 Å². The van der Waals surface area contributed by atoms with Crippen LogP contribution >= 0.6 is 27.5 Å². The predicted molar refractivity (Wildman–Crippen MR) is 92.7 cm³/mol. The minimum atomic E-state index is -0.135. The Morgan fingerprint density at radius 2 is 1.76 bits per heavy atom. The standard InChI is InChI=1S/C15H18BrClN4/c1-15(2,3)14-20-12(18-4)8-13(21-14)19-11-7-9(16)5-6-10(11)17/h5-8H,1-4H3,(H2,18,19,20,21). The van der Waals surface area contributed by atoms with Gasteiger partial charge < -0.3 is 10.6 Å². The fourth-order valence-corrected chi connectivity index (χ4v) is 2.23. The second-order valence-electron chi connectivity index (χ2n) is 5.71. The fourth-order valence-electron chi connectivity index (χ4n) is 1.71. The molecule has 2 rings (SSSR count). The van der Waals surface area contributed by atoms with Crippen molar-refractivity contribution in [3.8, 4) is 0 Å². The molecule has 6 heteroatoms. The summed E-state index contributed by atoms with van der Waals surface area (Å²) in [6.45, 7) is 6.24. The van der Waals surface area contributed by atoms with Crippen molar-refractivity contribution in [1.29, 1.82) is 0 Å². The van der Waals surface area contributed by atoms with E-state index in [1.165, 1.54) is 0 Å². The average Bonchev–Trinajstić information content (AvgIpc) is 2.41. The highest BCUT2D eigenvalue weighted by Crippen LogP contribution is 2.29. The van der Waals surface area contributed by atoms with Crippen molar-refractivity contribution in [1.82, 2.24) is 9.97 Å². The molecule has 112 valence electrons. The quantitative estimate of drug-likeness (QED) is 0.801. The Balaban J connectivity index is 2.42. The Hall–Kier alpha value is -1.33. The molecule has 21 heavy (non-hydrogen) atoms. The summed E-state index contributed by atoms with van der Waals surface area (Å²) in [6.07, 6.45) is 0. The molecule has 1 heterocycles. The van der Waals surface area contributed by atoms with Gasteiger partial charge in [0.15, 0.2) is 0 Å². The maximum atomic E-state index is 6.21. The number of aromatic nitrogens is 2. The molecule has 4 nitrogen and oxygen atoms in total. The van der Waals surface area contributed by atoms with Gasteiger partial charge in [0, 0.05) is 23.0 Å². The summed E-state index contributed by atoms with van der Waals surface area (Å²) in [5.74, 6) is 2.24. The molecule has 0 fully saturated rings. The summed E-state index contributed by atoms with van der Waals surface area (Å²) in [7, 11) is 1.84. The molecular weight excluding hydrogens is 352 g/mol. The van der Waals surface area contributed by atoms with Crippen molar-refractivity contribution in [2.45, 2.75) is 26.2 Å². The van der Waals surface area contributed by atoms with Gasteiger partial charge in [0.1, 0.15) is 17.5 Å². The second-order valence-corrected chi connectivity index (χ2v) is 7.03. The summed E-state index contributed by atoms with van der Waals surface area (Å²) in [5.41, 5.74) is 0.663. The first-order valence-corrected chi connectivity index (χ1v) is 7.76. The van der Waals surface area contributed by atoms with Crippen molar-refractivity contribution in [3.63, 3.8) is 0 Å². The van der Waals surface area contributed by atoms with Crippen LogP contribution in [0, 0.1) is 0 Å². The maximum Gasteiger partial charge on any atom is 0.138 e. The summed E-state index contributed by atoms with van der Waals surface area (Å²) in [4.78, 5) is 9.08. The van der Waals surface area contributed by atoms with Crippen molar-refractivity contribution >= 4 is 44.9 Å². The molecule has 0 aliphatic rings. The molecule has 1 aromatic heterocycles. The van der Waals surface area contributed by atoms with E-state index in [9.17, 15) is 0 Å². The lowest BCUT2D eigenvalue weighted by atomic mass is 9.96.